The molecule has 0 unspecified atom stereocenters. The van der Waals surface area contributed by atoms with E-state index in [0.29, 0.717) is 29.9 Å². The van der Waals surface area contributed by atoms with Crippen LogP contribution >= 0.6 is 0 Å². The summed E-state index contributed by atoms with van der Waals surface area (Å²) >= 11 is 0. The van der Waals surface area contributed by atoms with Crippen molar-refractivity contribution in [2.24, 2.45) is 0 Å². The van der Waals surface area contributed by atoms with E-state index in [1.165, 1.54) is 12.1 Å². The quantitative estimate of drug-likeness (QED) is 0.839. The van der Waals surface area contributed by atoms with Gasteiger partial charge < -0.3 is 19.7 Å². The number of ether oxygens (including phenoxy) is 2. The first-order chi connectivity index (χ1) is 8.63. The molecule has 0 radical (unpaired) electrons. The Balaban J connectivity index is 2.19. The molecular weight excluding hydrogens is 236 g/mol. The van der Waals surface area contributed by atoms with Crippen molar-refractivity contribution in [3.63, 3.8) is 0 Å². The van der Waals surface area contributed by atoms with Crippen LogP contribution in [0.25, 0.3) is 0 Å². The van der Waals surface area contributed by atoms with Gasteiger partial charge in [0, 0.05) is 11.6 Å². The molecule has 0 aromatic heterocycles. The molecule has 5 nitrogen and oxygen atoms in total. The smallest absolute Gasteiger partial charge is 0.314 e. The maximum Gasteiger partial charge on any atom is 0.314 e. The molecule has 5 heteroatoms. The number of carbonyl (C=O) groups is 1. The number of rotatable bonds is 2. The number of benzene rings is 1. The molecule has 1 fully saturated rings. The van der Waals surface area contributed by atoms with Crippen molar-refractivity contribution in [2.45, 2.75) is 31.1 Å². The van der Waals surface area contributed by atoms with Crippen LogP contribution in [-0.2, 0) is 10.2 Å². The SMILES string of the molecule is O=C(O)C1(c2cc(O)cc3c2OCO3)CCCC1. The number of aromatic hydroxyl groups is 1. The molecule has 96 valence electrons. The summed E-state index contributed by atoms with van der Waals surface area (Å²) in [7, 11) is 0. The molecule has 0 amide bonds. The zero-order valence-electron chi connectivity index (χ0n) is 9.81. The Kier molecular flexibility index (Phi) is 2.36. The van der Waals surface area contributed by atoms with Gasteiger partial charge in [0.1, 0.15) is 5.75 Å². The van der Waals surface area contributed by atoms with Crippen LogP contribution in [0, 0.1) is 0 Å². The molecule has 1 aliphatic carbocycles. The summed E-state index contributed by atoms with van der Waals surface area (Å²) in [4.78, 5) is 11.7. The highest BCUT2D eigenvalue weighted by Crippen LogP contribution is 2.50. The fraction of sp³-hybridized carbons (Fsp3) is 0.462. The first-order valence-corrected chi connectivity index (χ1v) is 6.00. The largest absolute Gasteiger partial charge is 0.508 e. The number of hydrogen-bond acceptors (Lipinski definition) is 4. The normalized spacial score (nSPS) is 20.0. The maximum absolute atomic E-state index is 11.7. The van der Waals surface area contributed by atoms with E-state index in [1.807, 2.05) is 0 Å². The number of aliphatic carboxylic acids is 1. The lowest BCUT2D eigenvalue weighted by Gasteiger charge is -2.25. The number of phenols is 1. The summed E-state index contributed by atoms with van der Waals surface area (Å²) in [6, 6.07) is 2.95. The van der Waals surface area contributed by atoms with Crippen molar-refractivity contribution in [1.82, 2.24) is 0 Å². The van der Waals surface area contributed by atoms with Crippen LogP contribution < -0.4 is 9.47 Å². The van der Waals surface area contributed by atoms with E-state index >= 15 is 0 Å². The lowest BCUT2D eigenvalue weighted by molar-refractivity contribution is -0.143. The molecule has 0 saturated heterocycles. The highest BCUT2D eigenvalue weighted by molar-refractivity contribution is 5.84. The minimum Gasteiger partial charge on any atom is -0.508 e. The van der Waals surface area contributed by atoms with Gasteiger partial charge in [0.05, 0.1) is 5.41 Å². The highest BCUT2D eigenvalue weighted by atomic mass is 16.7. The fourth-order valence-corrected chi connectivity index (χ4v) is 2.93. The zero-order chi connectivity index (χ0) is 12.8. The second-order valence-electron chi connectivity index (χ2n) is 4.82. The first-order valence-electron chi connectivity index (χ1n) is 6.00. The van der Waals surface area contributed by atoms with Gasteiger partial charge in [-0.05, 0) is 18.9 Å². The van der Waals surface area contributed by atoms with E-state index in [4.69, 9.17) is 9.47 Å². The van der Waals surface area contributed by atoms with Gasteiger partial charge in [-0.15, -0.1) is 0 Å². The molecule has 18 heavy (non-hydrogen) atoms. The van der Waals surface area contributed by atoms with Crippen molar-refractivity contribution >= 4 is 5.97 Å². The van der Waals surface area contributed by atoms with E-state index in [9.17, 15) is 15.0 Å². The zero-order valence-corrected chi connectivity index (χ0v) is 9.81. The van der Waals surface area contributed by atoms with Crippen molar-refractivity contribution in [1.29, 1.82) is 0 Å². The first kappa shape index (κ1) is 11.2. The number of phenolic OH excluding ortho intramolecular Hbond substituents is 1. The van der Waals surface area contributed by atoms with Crippen LogP contribution in [0.4, 0.5) is 0 Å². The van der Waals surface area contributed by atoms with Gasteiger partial charge in [0.15, 0.2) is 11.5 Å². The van der Waals surface area contributed by atoms with Crippen LogP contribution in [0.5, 0.6) is 17.2 Å². The second-order valence-corrected chi connectivity index (χ2v) is 4.82. The summed E-state index contributed by atoms with van der Waals surface area (Å²) < 4.78 is 10.6. The van der Waals surface area contributed by atoms with Gasteiger partial charge in [-0.3, -0.25) is 4.79 Å². The van der Waals surface area contributed by atoms with Crippen LogP contribution in [0.15, 0.2) is 12.1 Å². The van der Waals surface area contributed by atoms with Gasteiger partial charge in [0.25, 0.3) is 0 Å². The number of carboxylic acids is 1. The third-order valence-electron chi connectivity index (χ3n) is 3.84. The van der Waals surface area contributed by atoms with Crippen molar-refractivity contribution in [2.75, 3.05) is 6.79 Å². The summed E-state index contributed by atoms with van der Waals surface area (Å²) in [5.74, 6) is 0.0553. The summed E-state index contributed by atoms with van der Waals surface area (Å²) in [5, 5.41) is 19.3. The second kappa shape index (κ2) is 3.80. The van der Waals surface area contributed by atoms with Crippen LogP contribution in [-0.4, -0.2) is 23.0 Å². The summed E-state index contributed by atoms with van der Waals surface area (Å²) in [5.41, 5.74) is -0.406. The summed E-state index contributed by atoms with van der Waals surface area (Å²) in [6.45, 7) is 0.0709. The fourth-order valence-electron chi connectivity index (χ4n) is 2.93. The Morgan fingerprint density at radius 2 is 1.94 bits per heavy atom. The van der Waals surface area contributed by atoms with Crippen molar-refractivity contribution in [3.8, 4) is 17.2 Å². The Labute approximate surface area is 104 Å². The Hall–Kier alpha value is -1.91. The molecule has 2 aliphatic rings. The van der Waals surface area contributed by atoms with Gasteiger partial charge in [-0.1, -0.05) is 12.8 Å². The molecule has 1 aromatic carbocycles. The van der Waals surface area contributed by atoms with Crippen LogP contribution in [0.2, 0.25) is 0 Å². The third-order valence-corrected chi connectivity index (χ3v) is 3.84. The van der Waals surface area contributed by atoms with E-state index < -0.39 is 11.4 Å². The molecule has 3 rings (SSSR count). The maximum atomic E-state index is 11.7. The molecule has 2 N–H and O–H groups in total. The van der Waals surface area contributed by atoms with Crippen molar-refractivity contribution < 1.29 is 24.5 Å². The lowest BCUT2D eigenvalue weighted by Crippen LogP contribution is -2.32. The molecular formula is C13H14O5. The predicted molar refractivity (Wildman–Crippen MR) is 62.0 cm³/mol. The third kappa shape index (κ3) is 1.43. The average Bonchev–Trinajstić information content (AvgIpc) is 2.96. The van der Waals surface area contributed by atoms with Crippen LogP contribution in [0.3, 0.4) is 0 Å². The van der Waals surface area contributed by atoms with E-state index in [0.717, 1.165) is 12.8 Å². The standard InChI is InChI=1S/C13H14O5/c14-8-5-9(11-10(6-8)17-7-18-11)13(12(15)16)3-1-2-4-13/h5-6,14H,1-4,7H2,(H,15,16). The number of carboxylic acid groups (broad SMARTS) is 1. The molecule has 1 aliphatic heterocycles. The molecule has 1 aromatic rings. The lowest BCUT2D eigenvalue weighted by atomic mass is 9.78. The van der Waals surface area contributed by atoms with E-state index in [1.54, 1.807) is 0 Å². The highest BCUT2D eigenvalue weighted by Gasteiger charge is 2.46. The topological polar surface area (TPSA) is 76.0 Å². The van der Waals surface area contributed by atoms with Crippen molar-refractivity contribution in [3.05, 3.63) is 17.7 Å². The molecule has 0 atom stereocenters. The Morgan fingerprint density at radius 3 is 2.61 bits per heavy atom. The molecule has 0 bridgehead atoms. The number of fused-ring (bicyclic) bond motifs is 1. The molecule has 1 saturated carbocycles. The Bertz CT molecular complexity index is 502. The van der Waals surface area contributed by atoms with E-state index in [2.05, 4.69) is 0 Å². The monoisotopic (exact) mass is 250 g/mol. The predicted octanol–water partition coefficient (Wildman–Crippen LogP) is 2.02. The van der Waals surface area contributed by atoms with Gasteiger partial charge in [0.2, 0.25) is 6.79 Å². The molecule has 1 heterocycles. The van der Waals surface area contributed by atoms with Gasteiger partial charge >= 0.3 is 5.97 Å². The van der Waals surface area contributed by atoms with Crippen LogP contribution in [0.1, 0.15) is 31.2 Å². The molecule has 0 spiro atoms. The minimum absolute atomic E-state index is 0.0155. The van der Waals surface area contributed by atoms with Gasteiger partial charge in [-0.2, -0.15) is 0 Å². The average molecular weight is 250 g/mol. The summed E-state index contributed by atoms with van der Waals surface area (Å²) in [6.07, 6.45) is 2.89. The number of hydrogen-bond donors (Lipinski definition) is 2. The minimum atomic E-state index is -0.948. The van der Waals surface area contributed by atoms with E-state index in [-0.39, 0.29) is 12.5 Å². The Morgan fingerprint density at radius 1 is 1.22 bits per heavy atom. The van der Waals surface area contributed by atoms with Gasteiger partial charge in [-0.25, -0.2) is 0 Å².